The van der Waals surface area contributed by atoms with Gasteiger partial charge in [0, 0.05) is 21.4 Å². The van der Waals surface area contributed by atoms with E-state index in [0.717, 1.165) is 0 Å². The summed E-state index contributed by atoms with van der Waals surface area (Å²) in [6, 6.07) is 9.32. The minimum absolute atomic E-state index is 0.202. The number of halogens is 1. The topological polar surface area (TPSA) is 89.4 Å². The maximum Gasteiger partial charge on any atom is 0.294 e. The number of ether oxygens (including phenoxy) is 1. The fourth-order valence-corrected chi connectivity index (χ4v) is 2.96. The zero-order valence-corrected chi connectivity index (χ0v) is 13.5. The van der Waals surface area contributed by atoms with Gasteiger partial charge in [0.15, 0.2) is 0 Å². The van der Waals surface area contributed by atoms with Crippen LogP contribution < -0.4 is 4.74 Å². The number of methoxy groups -OCH3 is 1. The smallest absolute Gasteiger partial charge is 0.294 e. The molecular formula is C15H11ClN2O4S. The van der Waals surface area contributed by atoms with Crippen LogP contribution in [0.4, 0.5) is 0 Å². The zero-order valence-electron chi connectivity index (χ0n) is 11.9. The molecule has 0 aliphatic carbocycles. The second kappa shape index (κ2) is 5.77. The Balaban J connectivity index is 2.27. The SMILES string of the molecule is COc1cc(Cl)ccc1-c1nncc2cc(S(=O)(=O)O)ccc12. The number of rotatable bonds is 3. The molecule has 3 rings (SSSR count). The van der Waals surface area contributed by atoms with Gasteiger partial charge in [0.25, 0.3) is 10.1 Å². The van der Waals surface area contributed by atoms with Crippen molar-refractivity contribution in [2.45, 2.75) is 4.90 Å². The zero-order chi connectivity index (χ0) is 16.6. The lowest BCUT2D eigenvalue weighted by Gasteiger charge is -2.10. The molecule has 0 bridgehead atoms. The lowest BCUT2D eigenvalue weighted by molar-refractivity contribution is 0.416. The fourth-order valence-electron chi connectivity index (χ4n) is 2.29. The molecule has 0 radical (unpaired) electrons. The summed E-state index contributed by atoms with van der Waals surface area (Å²) in [6.07, 6.45) is 1.43. The van der Waals surface area contributed by atoms with E-state index in [1.807, 2.05) is 0 Å². The Labute approximate surface area is 137 Å². The third-order valence-electron chi connectivity index (χ3n) is 3.35. The van der Waals surface area contributed by atoms with Gasteiger partial charge < -0.3 is 4.74 Å². The Morgan fingerprint density at radius 2 is 1.96 bits per heavy atom. The van der Waals surface area contributed by atoms with E-state index in [0.29, 0.717) is 32.8 Å². The van der Waals surface area contributed by atoms with Crippen molar-refractivity contribution in [2.24, 2.45) is 0 Å². The first kappa shape index (κ1) is 15.7. The summed E-state index contributed by atoms with van der Waals surface area (Å²) in [6.45, 7) is 0. The summed E-state index contributed by atoms with van der Waals surface area (Å²) in [7, 11) is -2.76. The van der Waals surface area contributed by atoms with E-state index in [-0.39, 0.29) is 4.90 Å². The Bertz CT molecular complexity index is 1010. The molecule has 118 valence electrons. The molecule has 0 saturated carbocycles. The van der Waals surface area contributed by atoms with Gasteiger partial charge in [-0.15, -0.1) is 5.10 Å². The van der Waals surface area contributed by atoms with Crippen LogP contribution in [0.3, 0.4) is 0 Å². The molecule has 1 N–H and O–H groups in total. The van der Waals surface area contributed by atoms with Crippen LogP contribution in [0.5, 0.6) is 5.75 Å². The van der Waals surface area contributed by atoms with Crippen LogP contribution in [-0.2, 0) is 10.1 Å². The van der Waals surface area contributed by atoms with Gasteiger partial charge in [-0.25, -0.2) is 0 Å². The molecule has 0 aliphatic heterocycles. The van der Waals surface area contributed by atoms with Crippen molar-refractivity contribution in [1.29, 1.82) is 0 Å². The number of benzene rings is 2. The molecule has 0 fully saturated rings. The van der Waals surface area contributed by atoms with Gasteiger partial charge in [-0.1, -0.05) is 17.7 Å². The Kier molecular flexibility index (Phi) is 3.93. The van der Waals surface area contributed by atoms with Gasteiger partial charge in [-0.05, 0) is 30.3 Å². The van der Waals surface area contributed by atoms with E-state index < -0.39 is 10.1 Å². The van der Waals surface area contributed by atoms with Gasteiger partial charge in [0.2, 0.25) is 0 Å². The Morgan fingerprint density at radius 3 is 2.65 bits per heavy atom. The molecule has 0 spiro atoms. The second-order valence-corrected chi connectivity index (χ2v) is 6.62. The van der Waals surface area contributed by atoms with Gasteiger partial charge in [-0.2, -0.15) is 13.5 Å². The van der Waals surface area contributed by atoms with Gasteiger partial charge in [0.1, 0.15) is 11.4 Å². The van der Waals surface area contributed by atoms with E-state index in [4.69, 9.17) is 20.9 Å². The molecule has 1 heterocycles. The highest BCUT2D eigenvalue weighted by molar-refractivity contribution is 7.85. The number of aromatic nitrogens is 2. The van der Waals surface area contributed by atoms with Crippen molar-refractivity contribution < 1.29 is 17.7 Å². The molecule has 1 aromatic heterocycles. The standard InChI is InChI=1S/C15H11ClN2O4S/c1-22-14-7-10(16)2-4-13(14)15-12-5-3-11(23(19,20)21)6-9(12)8-17-18-15/h2-8H,1H3,(H,19,20,21). The minimum atomic E-state index is -4.28. The molecule has 6 nitrogen and oxygen atoms in total. The van der Waals surface area contributed by atoms with E-state index in [1.165, 1.54) is 25.4 Å². The summed E-state index contributed by atoms with van der Waals surface area (Å²) in [4.78, 5) is -0.202. The number of nitrogens with zero attached hydrogens (tertiary/aromatic N) is 2. The largest absolute Gasteiger partial charge is 0.496 e. The fraction of sp³-hybridized carbons (Fsp3) is 0.0667. The highest BCUT2D eigenvalue weighted by Gasteiger charge is 2.15. The quantitative estimate of drug-likeness (QED) is 0.729. The van der Waals surface area contributed by atoms with Crippen LogP contribution >= 0.6 is 11.6 Å². The Morgan fingerprint density at radius 1 is 1.17 bits per heavy atom. The lowest BCUT2D eigenvalue weighted by atomic mass is 10.0. The van der Waals surface area contributed by atoms with Crippen molar-refractivity contribution in [3.8, 4) is 17.0 Å². The van der Waals surface area contributed by atoms with Crippen LogP contribution in [-0.4, -0.2) is 30.3 Å². The average molecular weight is 351 g/mol. The van der Waals surface area contributed by atoms with Crippen molar-refractivity contribution in [1.82, 2.24) is 10.2 Å². The molecule has 3 aromatic rings. The molecule has 0 atom stereocenters. The highest BCUT2D eigenvalue weighted by Crippen LogP contribution is 2.35. The summed E-state index contributed by atoms with van der Waals surface area (Å²) >= 11 is 5.96. The number of hydrogen-bond acceptors (Lipinski definition) is 5. The molecule has 0 amide bonds. The van der Waals surface area contributed by atoms with Crippen LogP contribution in [0.1, 0.15) is 0 Å². The average Bonchev–Trinajstić information content (AvgIpc) is 2.53. The summed E-state index contributed by atoms with van der Waals surface area (Å²) in [5.41, 5.74) is 1.20. The predicted octanol–water partition coefficient (Wildman–Crippen LogP) is 3.21. The van der Waals surface area contributed by atoms with Crippen LogP contribution in [0, 0.1) is 0 Å². The first-order valence-electron chi connectivity index (χ1n) is 6.47. The third kappa shape index (κ3) is 2.98. The monoisotopic (exact) mass is 350 g/mol. The summed E-state index contributed by atoms with van der Waals surface area (Å²) in [5.74, 6) is 0.526. The highest BCUT2D eigenvalue weighted by atomic mass is 35.5. The maximum atomic E-state index is 11.3. The molecule has 0 aliphatic rings. The van der Waals surface area contributed by atoms with E-state index in [9.17, 15) is 8.42 Å². The minimum Gasteiger partial charge on any atom is -0.496 e. The van der Waals surface area contributed by atoms with Gasteiger partial charge in [0.05, 0.1) is 18.2 Å². The lowest BCUT2D eigenvalue weighted by Crippen LogP contribution is -1.99. The van der Waals surface area contributed by atoms with Crippen molar-refractivity contribution >= 4 is 32.5 Å². The van der Waals surface area contributed by atoms with Gasteiger partial charge in [-0.3, -0.25) is 4.55 Å². The van der Waals surface area contributed by atoms with Crippen molar-refractivity contribution in [3.63, 3.8) is 0 Å². The molecule has 0 unspecified atom stereocenters. The number of fused-ring (bicyclic) bond motifs is 1. The first-order chi connectivity index (χ1) is 10.9. The molecule has 8 heteroatoms. The number of hydrogen-bond donors (Lipinski definition) is 1. The molecule has 0 saturated heterocycles. The van der Waals surface area contributed by atoms with Crippen LogP contribution in [0.15, 0.2) is 47.5 Å². The van der Waals surface area contributed by atoms with E-state index in [2.05, 4.69) is 10.2 Å². The Hall–Kier alpha value is -2.22. The molecule has 2 aromatic carbocycles. The third-order valence-corrected chi connectivity index (χ3v) is 4.43. The van der Waals surface area contributed by atoms with E-state index in [1.54, 1.807) is 24.3 Å². The van der Waals surface area contributed by atoms with Crippen molar-refractivity contribution in [3.05, 3.63) is 47.6 Å². The summed E-state index contributed by atoms with van der Waals surface area (Å²) < 4.78 is 37.0. The maximum absolute atomic E-state index is 11.3. The first-order valence-corrected chi connectivity index (χ1v) is 8.29. The molecule has 23 heavy (non-hydrogen) atoms. The van der Waals surface area contributed by atoms with Crippen molar-refractivity contribution in [2.75, 3.05) is 7.11 Å². The summed E-state index contributed by atoms with van der Waals surface area (Å²) in [5, 5.41) is 9.74. The van der Waals surface area contributed by atoms with Crippen LogP contribution in [0.25, 0.3) is 22.0 Å². The second-order valence-electron chi connectivity index (χ2n) is 4.76. The molecular weight excluding hydrogens is 340 g/mol. The van der Waals surface area contributed by atoms with E-state index >= 15 is 0 Å². The normalized spacial score (nSPS) is 11.6. The van der Waals surface area contributed by atoms with Gasteiger partial charge >= 0.3 is 0 Å². The van der Waals surface area contributed by atoms with Crippen LogP contribution in [0.2, 0.25) is 5.02 Å². The predicted molar refractivity (Wildman–Crippen MR) is 86.4 cm³/mol.